The van der Waals surface area contributed by atoms with Crippen LogP contribution in [0.5, 0.6) is 0 Å². The summed E-state index contributed by atoms with van der Waals surface area (Å²) in [5.74, 6) is 0.828. The molecule has 20 heavy (non-hydrogen) atoms. The number of amidine groups is 1. The average Bonchev–Trinajstić information content (AvgIpc) is 2.88. The number of nitrogens with zero attached hydrogens (tertiary/aromatic N) is 2. The molecule has 2 atom stereocenters. The highest BCUT2D eigenvalue weighted by molar-refractivity contribution is 8.14. The Hall–Kier alpha value is -0.420. The van der Waals surface area contributed by atoms with E-state index in [1.165, 1.54) is 44.9 Å². The van der Waals surface area contributed by atoms with Crippen LogP contribution < -0.4 is 5.32 Å². The largest absolute Gasteiger partial charge is 0.360 e. The highest BCUT2D eigenvalue weighted by Crippen LogP contribution is 2.27. The van der Waals surface area contributed by atoms with E-state index in [4.69, 9.17) is 4.99 Å². The number of fused-ring (bicyclic) bond motifs is 1. The molecule has 0 aromatic rings. The minimum atomic E-state index is 0. The molecule has 6 heteroatoms. The van der Waals surface area contributed by atoms with Crippen LogP contribution in [0.3, 0.4) is 0 Å². The third-order valence-corrected chi connectivity index (χ3v) is 5.25. The van der Waals surface area contributed by atoms with E-state index in [1.807, 2.05) is 4.90 Å². The van der Waals surface area contributed by atoms with Gasteiger partial charge in [-0.25, -0.2) is 0 Å². The lowest BCUT2D eigenvalue weighted by molar-refractivity contribution is -0.129. The number of carbonyl (C=O) groups is 1. The predicted molar refractivity (Wildman–Crippen MR) is 86.8 cm³/mol. The molecule has 0 bridgehead atoms. The number of likely N-dealkylation sites (tertiary alicyclic amines) is 1. The van der Waals surface area contributed by atoms with Crippen molar-refractivity contribution in [3.05, 3.63) is 0 Å². The predicted octanol–water partition coefficient (Wildman–Crippen LogP) is 2.42. The van der Waals surface area contributed by atoms with Crippen molar-refractivity contribution in [1.29, 1.82) is 0 Å². The number of hydrogen-bond acceptors (Lipinski definition) is 4. The van der Waals surface area contributed by atoms with Crippen LogP contribution in [0.15, 0.2) is 4.99 Å². The quantitative estimate of drug-likeness (QED) is 0.850. The van der Waals surface area contributed by atoms with Crippen molar-refractivity contribution < 1.29 is 4.79 Å². The van der Waals surface area contributed by atoms with Crippen LogP contribution in [0.1, 0.15) is 44.9 Å². The number of hydrogen-bond donors (Lipinski definition) is 1. The van der Waals surface area contributed by atoms with Gasteiger partial charge in [0.1, 0.15) is 0 Å². The summed E-state index contributed by atoms with van der Waals surface area (Å²) in [7, 11) is 0. The number of thioether (sulfide) groups is 1. The summed E-state index contributed by atoms with van der Waals surface area (Å²) in [5, 5.41) is 4.50. The van der Waals surface area contributed by atoms with Crippen LogP contribution in [0.4, 0.5) is 0 Å². The molecule has 0 radical (unpaired) electrons. The first-order valence-corrected chi connectivity index (χ1v) is 8.56. The number of rotatable bonds is 2. The molecule has 1 saturated carbocycles. The summed E-state index contributed by atoms with van der Waals surface area (Å²) in [5.41, 5.74) is 0. The van der Waals surface area contributed by atoms with Crippen LogP contribution in [0.25, 0.3) is 0 Å². The fraction of sp³-hybridized carbons (Fsp3) is 0.857. The Kier molecular flexibility index (Phi) is 6.02. The topological polar surface area (TPSA) is 44.7 Å². The number of carbonyl (C=O) groups excluding carboxylic acids is 1. The summed E-state index contributed by atoms with van der Waals surface area (Å²) in [4.78, 5) is 18.8. The van der Waals surface area contributed by atoms with Crippen molar-refractivity contribution in [2.24, 2.45) is 4.99 Å². The van der Waals surface area contributed by atoms with Crippen molar-refractivity contribution in [1.82, 2.24) is 10.2 Å². The highest BCUT2D eigenvalue weighted by atomic mass is 35.5. The molecular weight excluding hydrogens is 294 g/mol. The average molecular weight is 318 g/mol. The molecule has 114 valence electrons. The smallest absolute Gasteiger partial charge is 0.233 e. The van der Waals surface area contributed by atoms with E-state index in [0.29, 0.717) is 17.8 Å². The van der Waals surface area contributed by atoms with Gasteiger partial charge in [0.15, 0.2) is 5.17 Å². The van der Waals surface area contributed by atoms with Gasteiger partial charge >= 0.3 is 0 Å². The van der Waals surface area contributed by atoms with Gasteiger partial charge in [-0.1, -0.05) is 24.6 Å². The Morgan fingerprint density at radius 2 is 1.95 bits per heavy atom. The molecule has 1 N–H and O–H groups in total. The van der Waals surface area contributed by atoms with Gasteiger partial charge < -0.3 is 10.2 Å². The standard InChI is InChI=1S/C14H23N3OS.ClH/c18-13(17-8-4-1-5-9-17)10-19-14-15-11-6-2-3-7-12(11)16-14;/h11-12H,1-10H2,(H,15,16);1H. The molecule has 0 spiro atoms. The van der Waals surface area contributed by atoms with Crippen LogP contribution in [-0.2, 0) is 4.79 Å². The number of amides is 1. The lowest BCUT2D eigenvalue weighted by atomic mass is 9.92. The fourth-order valence-electron chi connectivity index (χ4n) is 3.22. The number of piperidine rings is 1. The first-order chi connectivity index (χ1) is 9.33. The molecule has 2 fully saturated rings. The van der Waals surface area contributed by atoms with E-state index in [9.17, 15) is 4.79 Å². The Balaban J connectivity index is 0.00000147. The Morgan fingerprint density at radius 3 is 2.70 bits per heavy atom. The van der Waals surface area contributed by atoms with Crippen molar-refractivity contribution >= 4 is 35.2 Å². The van der Waals surface area contributed by atoms with Crippen LogP contribution in [-0.4, -0.2) is 46.9 Å². The minimum absolute atomic E-state index is 0. The first kappa shape index (κ1) is 16.0. The van der Waals surface area contributed by atoms with Gasteiger partial charge in [-0.2, -0.15) is 0 Å². The molecule has 3 rings (SSSR count). The molecule has 0 aromatic heterocycles. The van der Waals surface area contributed by atoms with Gasteiger partial charge in [0, 0.05) is 13.1 Å². The number of halogens is 1. The fourth-order valence-corrected chi connectivity index (χ4v) is 4.11. The highest BCUT2D eigenvalue weighted by Gasteiger charge is 2.31. The second-order valence-corrected chi connectivity index (χ2v) is 6.73. The molecule has 2 unspecified atom stereocenters. The first-order valence-electron chi connectivity index (χ1n) is 7.58. The van der Waals surface area contributed by atoms with Gasteiger partial charge in [0.25, 0.3) is 0 Å². The normalized spacial score (nSPS) is 29.0. The van der Waals surface area contributed by atoms with E-state index in [1.54, 1.807) is 11.8 Å². The second kappa shape index (κ2) is 7.55. The van der Waals surface area contributed by atoms with Gasteiger partial charge in [0.2, 0.25) is 5.91 Å². The zero-order chi connectivity index (χ0) is 13.1. The molecule has 1 aliphatic carbocycles. The number of nitrogens with one attached hydrogen (secondary N) is 1. The summed E-state index contributed by atoms with van der Waals surface area (Å²) >= 11 is 1.60. The molecule has 2 heterocycles. The van der Waals surface area contributed by atoms with Crippen LogP contribution in [0.2, 0.25) is 0 Å². The van der Waals surface area contributed by atoms with Crippen LogP contribution in [0, 0.1) is 0 Å². The van der Waals surface area contributed by atoms with Gasteiger partial charge in [-0.15, -0.1) is 12.4 Å². The summed E-state index contributed by atoms with van der Waals surface area (Å²) in [6.07, 6.45) is 8.67. The second-order valence-electron chi connectivity index (χ2n) is 5.77. The molecule has 1 amide bonds. The third kappa shape index (κ3) is 3.82. The number of aliphatic imine (C=N–C) groups is 1. The van der Waals surface area contributed by atoms with Crippen molar-refractivity contribution in [2.75, 3.05) is 18.8 Å². The van der Waals surface area contributed by atoms with Crippen LogP contribution >= 0.6 is 24.2 Å². The van der Waals surface area contributed by atoms with Crippen molar-refractivity contribution in [2.45, 2.75) is 57.0 Å². The van der Waals surface area contributed by atoms with Gasteiger partial charge in [0.05, 0.1) is 17.8 Å². The molecule has 3 aliphatic rings. The maximum atomic E-state index is 12.1. The third-order valence-electron chi connectivity index (χ3n) is 4.36. The molecule has 1 saturated heterocycles. The summed E-state index contributed by atoms with van der Waals surface area (Å²) in [6.45, 7) is 1.90. The Bertz CT molecular complexity index is 371. The zero-order valence-corrected chi connectivity index (χ0v) is 13.5. The van der Waals surface area contributed by atoms with E-state index < -0.39 is 0 Å². The maximum absolute atomic E-state index is 12.1. The summed E-state index contributed by atoms with van der Waals surface area (Å²) in [6, 6.07) is 1.02. The molecule has 4 nitrogen and oxygen atoms in total. The monoisotopic (exact) mass is 317 g/mol. The Labute approximate surface area is 131 Å². The van der Waals surface area contributed by atoms with E-state index in [2.05, 4.69) is 5.32 Å². The Morgan fingerprint density at radius 1 is 1.20 bits per heavy atom. The SMILES string of the molecule is Cl.O=C(CSC1=NC2CCCCC2N1)N1CCCCC1. The van der Waals surface area contributed by atoms with E-state index >= 15 is 0 Å². The summed E-state index contributed by atoms with van der Waals surface area (Å²) < 4.78 is 0. The van der Waals surface area contributed by atoms with Gasteiger partial charge in [-0.3, -0.25) is 9.79 Å². The van der Waals surface area contributed by atoms with E-state index in [0.717, 1.165) is 18.3 Å². The van der Waals surface area contributed by atoms with Crippen molar-refractivity contribution in [3.8, 4) is 0 Å². The van der Waals surface area contributed by atoms with Crippen molar-refractivity contribution in [3.63, 3.8) is 0 Å². The zero-order valence-electron chi connectivity index (χ0n) is 11.8. The maximum Gasteiger partial charge on any atom is 0.233 e. The minimum Gasteiger partial charge on any atom is -0.360 e. The van der Waals surface area contributed by atoms with E-state index in [-0.39, 0.29) is 18.3 Å². The molecule has 0 aromatic carbocycles. The molecular formula is C14H24ClN3OS. The molecule has 2 aliphatic heterocycles. The lowest BCUT2D eigenvalue weighted by Gasteiger charge is -2.26. The van der Waals surface area contributed by atoms with Gasteiger partial charge in [-0.05, 0) is 32.1 Å². The lowest BCUT2D eigenvalue weighted by Crippen LogP contribution is -2.38.